The number of likely N-dealkylation sites (N-methyl/N-ethyl adjacent to an activating group) is 2. The predicted octanol–water partition coefficient (Wildman–Crippen LogP) is 6.49. The molecule has 2 fully saturated rings. The van der Waals surface area contributed by atoms with Crippen molar-refractivity contribution in [2.24, 2.45) is 5.73 Å². The Morgan fingerprint density at radius 1 is 0.576 bits per heavy atom. The van der Waals surface area contributed by atoms with Crippen LogP contribution in [0.2, 0.25) is 0 Å². The number of nitrogens with two attached hydrogens (primary N) is 1. The maximum absolute atomic E-state index is 13.4. The Balaban J connectivity index is 0.000000247. The number of amides is 2. The molecule has 4 aromatic carbocycles. The van der Waals surface area contributed by atoms with Crippen LogP contribution < -0.4 is 45.1 Å². The molecule has 360 valence electrons. The lowest BCUT2D eigenvalue weighted by Gasteiger charge is -2.35. The Labute approximate surface area is 393 Å². The minimum atomic E-state index is -0.209. The molecule has 0 aromatic heterocycles. The summed E-state index contributed by atoms with van der Waals surface area (Å²) in [5.41, 5.74) is 13.2. The summed E-state index contributed by atoms with van der Waals surface area (Å²) in [7, 11) is 6.43. The van der Waals surface area contributed by atoms with Gasteiger partial charge in [-0.2, -0.15) is 0 Å². The van der Waals surface area contributed by atoms with Crippen LogP contribution in [0.5, 0.6) is 23.0 Å². The summed E-state index contributed by atoms with van der Waals surface area (Å²) < 4.78 is 21.5. The summed E-state index contributed by atoms with van der Waals surface area (Å²) >= 11 is 0. The highest BCUT2D eigenvalue weighted by molar-refractivity contribution is 5.97. The first kappa shape index (κ1) is 51.4. The number of rotatable bonds is 20. The molecule has 2 atom stereocenters. The third kappa shape index (κ3) is 13.8. The van der Waals surface area contributed by atoms with Crippen molar-refractivity contribution in [3.05, 3.63) is 106 Å². The van der Waals surface area contributed by atoms with Crippen molar-refractivity contribution < 1.29 is 33.6 Å². The van der Waals surface area contributed by atoms with Gasteiger partial charge in [0.25, 0.3) is 11.8 Å². The highest BCUT2D eigenvalue weighted by Crippen LogP contribution is 2.32. The van der Waals surface area contributed by atoms with E-state index in [4.69, 9.17) is 24.7 Å². The fourth-order valence-corrected chi connectivity index (χ4v) is 8.55. The molecule has 4 aromatic rings. The van der Waals surface area contributed by atoms with Crippen LogP contribution in [0, 0.1) is 0 Å². The summed E-state index contributed by atoms with van der Waals surface area (Å²) in [6, 6.07) is 23.4. The standard InChI is InChI=1S/C26H38N4O3.C26H37N3O4/c1-5-29-13-15-30(16-14-29)22-10-8-20(7-6-12-27)23(18-22)26(31)28-19(2)21-9-11-24(32-3)25(17-21)33-4;1-5-28-12-14-29(15-13-28)22-10-8-20(7-6-16-30)23(18-22)26(31)27-19(2)21-9-11-24(32-3)25(17-21)33-4/h8-11,17-19H,5-7,12-16,27H2,1-4H3,(H,28,31);8-11,17-19,30H,5-7,12-16H2,1-4H3,(H,27,31)/t2*19-/m11/s1. The van der Waals surface area contributed by atoms with Gasteiger partial charge in [-0.05, 0) is 130 Å². The lowest BCUT2D eigenvalue weighted by atomic mass is 9.99. The summed E-state index contributed by atoms with van der Waals surface area (Å²) in [5, 5.41) is 15.6. The van der Waals surface area contributed by atoms with Gasteiger partial charge < -0.3 is 60.0 Å². The van der Waals surface area contributed by atoms with E-state index in [0.29, 0.717) is 47.9 Å². The molecule has 2 aliphatic heterocycles. The van der Waals surface area contributed by atoms with Gasteiger partial charge in [0.15, 0.2) is 23.0 Å². The normalized spacial score (nSPS) is 15.2. The number of hydrogen-bond donors (Lipinski definition) is 4. The molecule has 6 rings (SSSR count). The van der Waals surface area contributed by atoms with Crippen molar-refractivity contribution in [3.63, 3.8) is 0 Å². The molecular formula is C52H75N7O7. The fourth-order valence-electron chi connectivity index (χ4n) is 8.55. The van der Waals surface area contributed by atoms with Crippen LogP contribution in [0.4, 0.5) is 11.4 Å². The predicted molar refractivity (Wildman–Crippen MR) is 265 cm³/mol. The Kier molecular flexibility index (Phi) is 20.2. The fraction of sp³-hybridized carbons (Fsp3) is 0.500. The topological polar surface area (TPSA) is 154 Å². The summed E-state index contributed by atoms with van der Waals surface area (Å²) in [5.74, 6) is 2.42. The Morgan fingerprint density at radius 3 is 1.32 bits per heavy atom. The molecule has 2 aliphatic rings. The van der Waals surface area contributed by atoms with Gasteiger partial charge >= 0.3 is 0 Å². The average Bonchev–Trinajstić information content (AvgIpc) is 3.36. The lowest BCUT2D eigenvalue weighted by molar-refractivity contribution is 0.0930. The zero-order chi connectivity index (χ0) is 47.6. The highest BCUT2D eigenvalue weighted by atomic mass is 16.5. The quantitative estimate of drug-likeness (QED) is 0.0767. The number of hydrogen-bond acceptors (Lipinski definition) is 12. The van der Waals surface area contributed by atoms with E-state index in [1.165, 1.54) is 0 Å². The van der Waals surface area contributed by atoms with Crippen LogP contribution in [0.1, 0.15) is 95.6 Å². The average molecular weight is 910 g/mol. The van der Waals surface area contributed by atoms with E-state index in [-0.39, 0.29) is 30.5 Å². The number of carbonyl (C=O) groups excluding carboxylic acids is 2. The number of anilines is 2. The first-order valence-electron chi connectivity index (χ1n) is 23.6. The number of methoxy groups -OCH3 is 4. The van der Waals surface area contributed by atoms with Crippen LogP contribution in [-0.2, 0) is 12.8 Å². The maximum Gasteiger partial charge on any atom is 0.252 e. The second-order valence-electron chi connectivity index (χ2n) is 16.9. The first-order valence-corrected chi connectivity index (χ1v) is 23.6. The summed E-state index contributed by atoms with van der Waals surface area (Å²) in [4.78, 5) is 36.4. The van der Waals surface area contributed by atoms with Crippen LogP contribution in [-0.4, -0.2) is 134 Å². The van der Waals surface area contributed by atoms with E-state index in [2.05, 4.69) is 62.3 Å². The summed E-state index contributed by atoms with van der Waals surface area (Å²) in [6.07, 6.45) is 2.92. The zero-order valence-electron chi connectivity index (χ0n) is 40.7. The number of nitrogens with one attached hydrogen (secondary N) is 2. The number of benzene rings is 4. The second kappa shape index (κ2) is 26.0. The van der Waals surface area contributed by atoms with Gasteiger partial charge in [0, 0.05) is 81.5 Å². The van der Waals surface area contributed by atoms with E-state index in [0.717, 1.165) is 117 Å². The maximum atomic E-state index is 13.4. The molecule has 14 nitrogen and oxygen atoms in total. The van der Waals surface area contributed by atoms with Gasteiger partial charge in [0.2, 0.25) is 0 Å². The smallest absolute Gasteiger partial charge is 0.252 e. The number of aryl methyl sites for hydroxylation is 2. The minimum Gasteiger partial charge on any atom is -0.493 e. The molecular weight excluding hydrogens is 835 g/mol. The van der Waals surface area contributed by atoms with Crippen molar-refractivity contribution in [1.82, 2.24) is 20.4 Å². The molecule has 0 spiro atoms. The number of aliphatic hydroxyl groups is 1. The van der Waals surface area contributed by atoms with E-state index in [9.17, 15) is 14.7 Å². The number of ether oxygens (including phenoxy) is 4. The van der Waals surface area contributed by atoms with Gasteiger partial charge in [-0.15, -0.1) is 0 Å². The molecule has 2 amide bonds. The molecule has 5 N–H and O–H groups in total. The van der Waals surface area contributed by atoms with E-state index >= 15 is 0 Å². The van der Waals surface area contributed by atoms with Gasteiger partial charge in [-0.1, -0.05) is 38.1 Å². The Bertz CT molecular complexity index is 2000. The third-order valence-corrected chi connectivity index (χ3v) is 12.8. The molecule has 0 bridgehead atoms. The van der Waals surface area contributed by atoms with Gasteiger partial charge in [-0.3, -0.25) is 9.59 Å². The number of piperazine rings is 2. The van der Waals surface area contributed by atoms with Crippen LogP contribution in [0.25, 0.3) is 0 Å². The third-order valence-electron chi connectivity index (χ3n) is 12.8. The Morgan fingerprint density at radius 2 is 0.970 bits per heavy atom. The van der Waals surface area contributed by atoms with Crippen LogP contribution >= 0.6 is 0 Å². The molecule has 0 unspecified atom stereocenters. The first-order chi connectivity index (χ1) is 32.0. The largest absolute Gasteiger partial charge is 0.493 e. The molecule has 2 saturated heterocycles. The van der Waals surface area contributed by atoms with Crippen LogP contribution in [0.3, 0.4) is 0 Å². The molecule has 0 saturated carbocycles. The molecule has 0 aliphatic carbocycles. The van der Waals surface area contributed by atoms with E-state index < -0.39 is 0 Å². The molecule has 14 heteroatoms. The highest BCUT2D eigenvalue weighted by Gasteiger charge is 2.23. The van der Waals surface area contributed by atoms with E-state index in [1.807, 2.05) is 68.4 Å². The lowest BCUT2D eigenvalue weighted by Crippen LogP contribution is -2.46. The van der Waals surface area contributed by atoms with Crippen LogP contribution in [0.15, 0.2) is 72.8 Å². The van der Waals surface area contributed by atoms with Gasteiger partial charge in [0.1, 0.15) is 0 Å². The second-order valence-corrected chi connectivity index (χ2v) is 16.9. The summed E-state index contributed by atoms with van der Waals surface area (Å²) in [6.45, 7) is 19.2. The minimum absolute atomic E-state index is 0.0710. The van der Waals surface area contributed by atoms with Crippen molar-refractivity contribution in [2.45, 2.75) is 65.5 Å². The SMILES string of the molecule is CCN1CCN(c2ccc(CCCN)c(C(=O)N[C@H](C)c3ccc(OC)c(OC)c3)c2)CC1.CCN1CCN(c2ccc(CCCO)c(C(=O)N[C@H](C)c3ccc(OC)c(OC)c3)c2)CC1. The van der Waals surface area contributed by atoms with Crippen molar-refractivity contribution in [3.8, 4) is 23.0 Å². The zero-order valence-corrected chi connectivity index (χ0v) is 40.7. The molecule has 0 radical (unpaired) electrons. The van der Waals surface area contributed by atoms with Gasteiger partial charge in [0.05, 0.1) is 40.5 Å². The molecule has 2 heterocycles. The van der Waals surface area contributed by atoms with Gasteiger partial charge in [-0.25, -0.2) is 0 Å². The van der Waals surface area contributed by atoms with E-state index in [1.54, 1.807) is 28.4 Å². The monoisotopic (exact) mass is 910 g/mol. The Hall–Kier alpha value is -5.54. The molecule has 66 heavy (non-hydrogen) atoms. The number of aliphatic hydroxyl groups excluding tert-OH is 1. The van der Waals surface area contributed by atoms with Crippen molar-refractivity contribution >= 4 is 23.2 Å². The number of nitrogens with zero attached hydrogens (tertiary/aromatic N) is 4. The van der Waals surface area contributed by atoms with Crippen molar-refractivity contribution in [2.75, 3.05) is 117 Å². The number of carbonyl (C=O) groups is 2. The van der Waals surface area contributed by atoms with Crippen molar-refractivity contribution in [1.29, 1.82) is 0 Å².